The second-order valence-electron chi connectivity index (χ2n) is 8.28. The van der Waals surface area contributed by atoms with Gasteiger partial charge in [-0.05, 0) is 37.7 Å². The zero-order chi connectivity index (χ0) is 25.6. The van der Waals surface area contributed by atoms with Crippen molar-refractivity contribution in [3.05, 3.63) is 46.0 Å². The molecule has 1 aliphatic heterocycles. The van der Waals surface area contributed by atoms with Crippen LogP contribution in [-0.4, -0.2) is 70.9 Å². The zero-order valence-corrected chi connectivity index (χ0v) is 19.9. The molecule has 35 heavy (non-hydrogen) atoms. The van der Waals surface area contributed by atoms with E-state index in [4.69, 9.17) is 4.74 Å². The molecule has 1 aliphatic rings. The summed E-state index contributed by atoms with van der Waals surface area (Å²) in [5.41, 5.74) is 3.89. The number of hydrogen-bond donors (Lipinski definition) is 3. The summed E-state index contributed by atoms with van der Waals surface area (Å²) in [6.07, 6.45) is 3.05. The van der Waals surface area contributed by atoms with E-state index in [0.29, 0.717) is 45.1 Å². The van der Waals surface area contributed by atoms with Gasteiger partial charge >= 0.3 is 11.9 Å². The maximum Gasteiger partial charge on any atom is 0.328 e. The van der Waals surface area contributed by atoms with E-state index in [1.807, 2.05) is 37.3 Å². The van der Waals surface area contributed by atoms with Crippen molar-refractivity contribution >= 4 is 17.8 Å². The molecule has 1 aromatic rings. The molecule has 0 radical (unpaired) electrons. The summed E-state index contributed by atoms with van der Waals surface area (Å²) in [6, 6.07) is 6.93. The van der Waals surface area contributed by atoms with E-state index < -0.39 is 41.1 Å². The highest BCUT2D eigenvalue weighted by Gasteiger charge is 2.37. The van der Waals surface area contributed by atoms with Gasteiger partial charge in [0.2, 0.25) is 0 Å². The van der Waals surface area contributed by atoms with Crippen LogP contribution in [0.5, 0.6) is 0 Å². The summed E-state index contributed by atoms with van der Waals surface area (Å²) < 4.78 is 5.30. The minimum atomic E-state index is -1.09. The third-order valence-electron chi connectivity index (χ3n) is 5.63. The van der Waals surface area contributed by atoms with Crippen molar-refractivity contribution in [1.82, 2.24) is 15.8 Å². The lowest BCUT2D eigenvalue weighted by molar-refractivity contribution is -0.757. The predicted molar refractivity (Wildman–Crippen MR) is 124 cm³/mol. The molecular weight excluding hydrogens is 460 g/mol. The first-order valence-electron chi connectivity index (χ1n) is 11.9. The van der Waals surface area contributed by atoms with Crippen LogP contribution in [0.2, 0.25) is 0 Å². The number of ether oxygens (including phenoxy) is 1. The van der Waals surface area contributed by atoms with Gasteiger partial charge in [-0.1, -0.05) is 43.7 Å². The molecule has 1 heterocycles. The number of carboxylic acid groups (broad SMARTS) is 1. The molecule has 1 aromatic carbocycles. The van der Waals surface area contributed by atoms with E-state index in [9.17, 15) is 29.6 Å². The third-order valence-corrected chi connectivity index (χ3v) is 5.63. The molecule has 194 valence electrons. The number of hydrogen-bond acceptors (Lipinski definition) is 9. The number of carbonyl (C=O) groups excluding carboxylic acids is 2. The largest absolute Gasteiger partial charge is 0.480 e. The van der Waals surface area contributed by atoms with Crippen LogP contribution in [0.3, 0.4) is 0 Å². The smallest absolute Gasteiger partial charge is 0.328 e. The molecule has 3 N–H and O–H groups in total. The first-order chi connectivity index (χ1) is 16.8. The molecule has 0 saturated carbocycles. The fourth-order valence-electron chi connectivity index (χ4n) is 3.87. The Hall–Kier alpha value is -3.25. The van der Waals surface area contributed by atoms with E-state index >= 15 is 0 Å². The molecule has 3 atom stereocenters. The zero-order valence-electron chi connectivity index (χ0n) is 19.9. The average molecular weight is 495 g/mol. The fourth-order valence-corrected chi connectivity index (χ4v) is 3.87. The molecule has 2 rings (SSSR count). The van der Waals surface area contributed by atoms with Gasteiger partial charge in [0.15, 0.2) is 0 Å². The van der Waals surface area contributed by atoms with E-state index in [1.54, 1.807) is 0 Å². The van der Waals surface area contributed by atoms with Crippen LogP contribution in [-0.2, 0) is 30.4 Å². The number of amides is 1. The molecular formula is C23H34N4O8. The monoisotopic (exact) mass is 494 g/mol. The standard InChI is InChI=1S/C23H34N4O8/c1-2-8-18(21(28)26-20(22(29)30)11-6-14-24-26)25-19(13-12-17-9-4-3-5-10-17)23(31)34-15-7-16-35-27(32)33/h3-5,9-10,18-20,24-25H,2,6-8,11-16H2,1H3,(H,29,30). The summed E-state index contributed by atoms with van der Waals surface area (Å²) in [5.74, 6) is -2.11. The van der Waals surface area contributed by atoms with Gasteiger partial charge < -0.3 is 14.7 Å². The van der Waals surface area contributed by atoms with Gasteiger partial charge in [-0.2, -0.15) is 0 Å². The highest BCUT2D eigenvalue weighted by Crippen LogP contribution is 2.15. The number of carbonyl (C=O) groups is 3. The Morgan fingerprint density at radius 3 is 2.63 bits per heavy atom. The summed E-state index contributed by atoms with van der Waals surface area (Å²) in [7, 11) is 0. The number of nitrogens with zero attached hydrogens (tertiary/aromatic N) is 2. The molecule has 0 bridgehead atoms. The highest BCUT2D eigenvalue weighted by atomic mass is 16.9. The lowest BCUT2D eigenvalue weighted by atomic mass is 10.0. The Morgan fingerprint density at radius 1 is 1.23 bits per heavy atom. The molecule has 0 spiro atoms. The van der Waals surface area contributed by atoms with Crippen molar-refractivity contribution in [3.63, 3.8) is 0 Å². The number of rotatable bonds is 15. The van der Waals surface area contributed by atoms with E-state index in [2.05, 4.69) is 15.6 Å². The number of benzene rings is 1. The second-order valence-corrected chi connectivity index (χ2v) is 8.28. The fraction of sp³-hybridized carbons (Fsp3) is 0.609. The van der Waals surface area contributed by atoms with Crippen LogP contribution in [0.15, 0.2) is 30.3 Å². The van der Waals surface area contributed by atoms with Crippen LogP contribution in [0.25, 0.3) is 0 Å². The Balaban J connectivity index is 2.10. The number of hydrazine groups is 1. The predicted octanol–water partition coefficient (Wildman–Crippen LogP) is 1.47. The molecule has 0 aliphatic carbocycles. The molecule has 12 heteroatoms. The molecule has 1 amide bonds. The Kier molecular flexibility index (Phi) is 11.9. The van der Waals surface area contributed by atoms with Gasteiger partial charge in [0.1, 0.15) is 12.1 Å². The van der Waals surface area contributed by atoms with Crippen molar-refractivity contribution in [2.24, 2.45) is 0 Å². The van der Waals surface area contributed by atoms with Crippen LogP contribution in [0.4, 0.5) is 0 Å². The average Bonchev–Trinajstić information content (AvgIpc) is 2.85. The van der Waals surface area contributed by atoms with Gasteiger partial charge in [0.05, 0.1) is 19.3 Å². The minimum absolute atomic E-state index is 0.0721. The van der Waals surface area contributed by atoms with Gasteiger partial charge in [0.25, 0.3) is 11.0 Å². The van der Waals surface area contributed by atoms with Crippen LogP contribution < -0.4 is 10.7 Å². The van der Waals surface area contributed by atoms with Gasteiger partial charge in [-0.15, -0.1) is 10.1 Å². The van der Waals surface area contributed by atoms with Gasteiger partial charge in [0, 0.05) is 13.0 Å². The van der Waals surface area contributed by atoms with Crippen molar-refractivity contribution in [2.75, 3.05) is 19.8 Å². The maximum absolute atomic E-state index is 13.3. The Labute approximate surface area is 204 Å². The quantitative estimate of drug-likeness (QED) is 0.141. The number of carboxylic acids is 1. The maximum atomic E-state index is 13.3. The van der Waals surface area contributed by atoms with Crippen LogP contribution in [0.1, 0.15) is 51.0 Å². The van der Waals surface area contributed by atoms with E-state index in [-0.39, 0.29) is 19.6 Å². The van der Waals surface area contributed by atoms with Crippen LogP contribution >= 0.6 is 0 Å². The summed E-state index contributed by atoms with van der Waals surface area (Å²) in [5, 5.41) is 23.2. The summed E-state index contributed by atoms with van der Waals surface area (Å²) in [4.78, 5) is 52.3. The van der Waals surface area contributed by atoms with Crippen LogP contribution in [0, 0.1) is 10.1 Å². The lowest BCUT2D eigenvalue weighted by Gasteiger charge is -2.36. The highest BCUT2D eigenvalue weighted by molar-refractivity contribution is 5.87. The van der Waals surface area contributed by atoms with E-state index in [1.165, 1.54) is 0 Å². The summed E-state index contributed by atoms with van der Waals surface area (Å²) in [6.45, 7) is 2.11. The Morgan fingerprint density at radius 2 is 1.97 bits per heavy atom. The van der Waals surface area contributed by atoms with Crippen molar-refractivity contribution in [1.29, 1.82) is 0 Å². The van der Waals surface area contributed by atoms with Crippen molar-refractivity contribution < 1.29 is 34.2 Å². The number of esters is 1. The molecule has 12 nitrogen and oxygen atoms in total. The van der Waals surface area contributed by atoms with Gasteiger partial charge in [-0.3, -0.25) is 19.9 Å². The number of nitrogens with one attached hydrogen (secondary N) is 2. The molecule has 1 fully saturated rings. The van der Waals surface area contributed by atoms with Gasteiger partial charge in [-0.25, -0.2) is 10.2 Å². The van der Waals surface area contributed by atoms with Crippen molar-refractivity contribution in [2.45, 2.75) is 70.0 Å². The van der Waals surface area contributed by atoms with E-state index in [0.717, 1.165) is 10.6 Å². The third kappa shape index (κ3) is 9.49. The molecule has 1 saturated heterocycles. The topological polar surface area (TPSA) is 160 Å². The van der Waals surface area contributed by atoms with Crippen molar-refractivity contribution in [3.8, 4) is 0 Å². The Bertz CT molecular complexity index is 838. The summed E-state index contributed by atoms with van der Waals surface area (Å²) >= 11 is 0. The normalized spacial score (nSPS) is 17.3. The first kappa shape index (κ1) is 28.0. The molecule has 0 aromatic heterocycles. The minimum Gasteiger partial charge on any atom is -0.480 e. The number of aliphatic carboxylic acids is 1. The molecule has 3 unspecified atom stereocenters. The second kappa shape index (κ2) is 14.9. The number of aryl methyl sites for hydroxylation is 1. The SMILES string of the molecule is CCCC(NC(CCc1ccccc1)C(=O)OCCCO[N+](=O)[O-])C(=O)N1NCCCC1C(=O)O. The lowest BCUT2D eigenvalue weighted by Crippen LogP contribution is -2.62. The first-order valence-corrected chi connectivity index (χ1v) is 11.9.